The molecule has 0 radical (unpaired) electrons. The summed E-state index contributed by atoms with van der Waals surface area (Å²) < 4.78 is 14.1. The number of carbonyl (C=O) groups excluding carboxylic acids is 1. The van der Waals surface area contributed by atoms with Gasteiger partial charge in [-0.1, -0.05) is 24.3 Å². The van der Waals surface area contributed by atoms with Gasteiger partial charge in [0, 0.05) is 63.6 Å². The Labute approximate surface area is 192 Å². The minimum Gasteiger partial charge on any atom is -0.378 e. The van der Waals surface area contributed by atoms with Gasteiger partial charge < -0.3 is 14.7 Å². The molecule has 1 heterocycles. The highest BCUT2D eigenvalue weighted by Gasteiger charge is 2.25. The Kier molecular flexibility index (Phi) is 8.65. The summed E-state index contributed by atoms with van der Waals surface area (Å²) >= 11 is 0. The van der Waals surface area contributed by atoms with Gasteiger partial charge in [0.25, 0.3) is 5.91 Å². The van der Waals surface area contributed by atoms with E-state index in [1.165, 1.54) is 6.07 Å². The molecule has 1 amide bonds. The van der Waals surface area contributed by atoms with Gasteiger partial charge in [0.1, 0.15) is 5.82 Å². The van der Waals surface area contributed by atoms with Crippen LogP contribution in [0, 0.1) is 11.7 Å². The van der Waals surface area contributed by atoms with E-state index >= 15 is 0 Å². The maximum Gasteiger partial charge on any atom is 0.253 e. The fourth-order valence-electron chi connectivity index (χ4n) is 4.32. The Morgan fingerprint density at radius 1 is 1.06 bits per heavy atom. The van der Waals surface area contributed by atoms with Crippen LogP contribution in [0.3, 0.4) is 0 Å². The molecule has 6 heteroatoms. The van der Waals surface area contributed by atoms with Crippen molar-refractivity contribution in [2.45, 2.75) is 19.4 Å². The minimum absolute atomic E-state index is 0.0850. The second kappa shape index (κ2) is 11.4. The number of carbonyl (C=O) groups is 1. The number of benzene rings is 2. The summed E-state index contributed by atoms with van der Waals surface area (Å²) in [6.07, 6.45) is 2.17. The van der Waals surface area contributed by atoms with Crippen LogP contribution in [0.5, 0.6) is 0 Å². The van der Waals surface area contributed by atoms with Crippen molar-refractivity contribution in [3.8, 4) is 0 Å². The SMILES string of the molecule is CN(C)CCN(CC1CCCN(Cc2ccccc2F)C1)C(=O)c1cccc(N(C)C)c1. The quantitative estimate of drug-likeness (QED) is 0.593. The number of anilines is 1. The van der Waals surface area contributed by atoms with Gasteiger partial charge in [-0.2, -0.15) is 0 Å². The van der Waals surface area contributed by atoms with Crippen molar-refractivity contribution in [2.24, 2.45) is 5.92 Å². The van der Waals surface area contributed by atoms with E-state index in [1.54, 1.807) is 6.07 Å². The molecule has 174 valence electrons. The van der Waals surface area contributed by atoms with Gasteiger partial charge in [0.2, 0.25) is 0 Å². The first-order chi connectivity index (χ1) is 15.3. The van der Waals surface area contributed by atoms with Crippen LogP contribution in [-0.4, -0.2) is 81.5 Å². The number of halogens is 1. The fraction of sp³-hybridized carbons (Fsp3) is 0.500. The third-order valence-corrected chi connectivity index (χ3v) is 6.15. The lowest BCUT2D eigenvalue weighted by molar-refractivity contribution is 0.0660. The van der Waals surface area contributed by atoms with Crippen LogP contribution in [0.2, 0.25) is 0 Å². The van der Waals surface area contributed by atoms with Gasteiger partial charge in [-0.3, -0.25) is 9.69 Å². The average molecular weight is 441 g/mol. The molecule has 1 aliphatic rings. The molecule has 1 fully saturated rings. The molecular formula is C26H37FN4O. The van der Waals surface area contributed by atoms with Crippen molar-refractivity contribution in [3.05, 3.63) is 65.5 Å². The van der Waals surface area contributed by atoms with Crippen molar-refractivity contribution >= 4 is 11.6 Å². The molecule has 1 saturated heterocycles. The standard InChI is InChI=1S/C26H37FN4O/c1-28(2)15-16-31(26(32)22-11-7-12-24(17-22)29(3)4)19-21-9-8-14-30(18-21)20-23-10-5-6-13-25(23)27/h5-7,10-13,17,21H,8-9,14-16,18-20H2,1-4H3. The molecule has 0 aromatic heterocycles. The van der Waals surface area contributed by atoms with Crippen molar-refractivity contribution < 1.29 is 9.18 Å². The summed E-state index contributed by atoms with van der Waals surface area (Å²) in [4.78, 5) is 21.9. The molecule has 1 unspecified atom stereocenters. The molecule has 5 nitrogen and oxygen atoms in total. The summed E-state index contributed by atoms with van der Waals surface area (Å²) in [7, 11) is 8.04. The van der Waals surface area contributed by atoms with Gasteiger partial charge in [-0.15, -0.1) is 0 Å². The third-order valence-electron chi connectivity index (χ3n) is 6.15. The Balaban J connectivity index is 1.69. The van der Waals surface area contributed by atoms with E-state index in [9.17, 15) is 9.18 Å². The molecule has 0 N–H and O–H groups in total. The summed E-state index contributed by atoms with van der Waals surface area (Å²) in [6, 6.07) is 14.9. The van der Waals surface area contributed by atoms with Gasteiger partial charge in [0.05, 0.1) is 0 Å². The van der Waals surface area contributed by atoms with E-state index in [1.807, 2.05) is 74.4 Å². The number of likely N-dealkylation sites (N-methyl/N-ethyl adjacent to an activating group) is 1. The largest absolute Gasteiger partial charge is 0.378 e. The Morgan fingerprint density at radius 3 is 2.56 bits per heavy atom. The molecule has 32 heavy (non-hydrogen) atoms. The zero-order chi connectivity index (χ0) is 23.1. The summed E-state index contributed by atoms with van der Waals surface area (Å²) in [5, 5.41) is 0. The van der Waals surface area contributed by atoms with Crippen molar-refractivity contribution in [1.29, 1.82) is 0 Å². The monoisotopic (exact) mass is 440 g/mol. The van der Waals surface area contributed by atoms with Gasteiger partial charge in [0.15, 0.2) is 0 Å². The number of likely N-dealkylation sites (tertiary alicyclic amines) is 1. The van der Waals surface area contributed by atoms with Crippen LogP contribution in [0.1, 0.15) is 28.8 Å². The Morgan fingerprint density at radius 2 is 1.84 bits per heavy atom. The predicted molar refractivity (Wildman–Crippen MR) is 130 cm³/mol. The van der Waals surface area contributed by atoms with E-state index in [4.69, 9.17) is 0 Å². The number of rotatable bonds is 9. The highest BCUT2D eigenvalue weighted by molar-refractivity contribution is 5.95. The number of nitrogens with zero attached hydrogens (tertiary/aromatic N) is 4. The number of piperidine rings is 1. The average Bonchev–Trinajstić information content (AvgIpc) is 2.78. The Hall–Kier alpha value is -2.44. The van der Waals surface area contributed by atoms with E-state index in [2.05, 4.69) is 9.80 Å². The maximum absolute atomic E-state index is 14.1. The van der Waals surface area contributed by atoms with Crippen LogP contribution < -0.4 is 4.90 Å². The summed E-state index contributed by atoms with van der Waals surface area (Å²) in [5.74, 6) is 0.332. The first kappa shape index (κ1) is 24.2. The lowest BCUT2D eigenvalue weighted by Crippen LogP contribution is -2.44. The van der Waals surface area contributed by atoms with Crippen molar-refractivity contribution in [3.63, 3.8) is 0 Å². The minimum atomic E-state index is -0.141. The normalized spacial score (nSPS) is 16.9. The number of amides is 1. The van der Waals surface area contributed by atoms with E-state index in [0.29, 0.717) is 19.0 Å². The summed E-state index contributed by atoms with van der Waals surface area (Å²) in [6.45, 7) is 4.73. The molecule has 2 aromatic carbocycles. The van der Waals surface area contributed by atoms with E-state index in [0.717, 1.165) is 55.8 Å². The third kappa shape index (κ3) is 6.78. The molecule has 0 saturated carbocycles. The topological polar surface area (TPSA) is 30.0 Å². The van der Waals surface area contributed by atoms with E-state index in [-0.39, 0.29) is 11.7 Å². The Bertz CT molecular complexity index is 886. The first-order valence-corrected chi connectivity index (χ1v) is 11.5. The van der Waals surface area contributed by atoms with Crippen molar-refractivity contribution in [2.75, 3.05) is 65.8 Å². The van der Waals surface area contributed by atoms with Gasteiger partial charge in [-0.25, -0.2) is 4.39 Å². The molecule has 0 aliphatic carbocycles. The highest BCUT2D eigenvalue weighted by Crippen LogP contribution is 2.22. The lowest BCUT2D eigenvalue weighted by atomic mass is 9.96. The van der Waals surface area contributed by atoms with Crippen LogP contribution in [0.4, 0.5) is 10.1 Å². The summed E-state index contributed by atoms with van der Waals surface area (Å²) in [5.41, 5.74) is 2.50. The first-order valence-electron chi connectivity index (χ1n) is 11.5. The lowest BCUT2D eigenvalue weighted by Gasteiger charge is -2.36. The van der Waals surface area contributed by atoms with Crippen LogP contribution >= 0.6 is 0 Å². The predicted octanol–water partition coefficient (Wildman–Crippen LogP) is 3.81. The molecule has 1 aliphatic heterocycles. The zero-order valence-corrected chi connectivity index (χ0v) is 19.9. The molecule has 0 bridgehead atoms. The fourth-order valence-corrected chi connectivity index (χ4v) is 4.32. The smallest absolute Gasteiger partial charge is 0.253 e. The number of hydrogen-bond acceptors (Lipinski definition) is 4. The van der Waals surface area contributed by atoms with Crippen LogP contribution in [0.15, 0.2) is 48.5 Å². The van der Waals surface area contributed by atoms with Crippen LogP contribution in [-0.2, 0) is 6.54 Å². The second-order valence-electron chi connectivity index (χ2n) is 9.33. The zero-order valence-electron chi connectivity index (χ0n) is 19.9. The molecular weight excluding hydrogens is 403 g/mol. The molecule has 3 rings (SSSR count). The van der Waals surface area contributed by atoms with Crippen molar-refractivity contribution in [1.82, 2.24) is 14.7 Å². The van der Waals surface area contributed by atoms with Gasteiger partial charge >= 0.3 is 0 Å². The molecule has 1 atom stereocenters. The molecule has 2 aromatic rings. The maximum atomic E-state index is 14.1. The second-order valence-corrected chi connectivity index (χ2v) is 9.33. The van der Waals surface area contributed by atoms with Crippen LogP contribution in [0.25, 0.3) is 0 Å². The number of hydrogen-bond donors (Lipinski definition) is 0. The highest BCUT2D eigenvalue weighted by atomic mass is 19.1. The molecule has 0 spiro atoms. The van der Waals surface area contributed by atoms with E-state index < -0.39 is 0 Å². The van der Waals surface area contributed by atoms with Gasteiger partial charge in [-0.05, 0) is 63.7 Å².